The van der Waals surface area contributed by atoms with E-state index in [-0.39, 0.29) is 19.6 Å². The predicted molar refractivity (Wildman–Crippen MR) is 132 cm³/mol. The number of hydrogen-bond donors (Lipinski definition) is 2. The van der Waals surface area contributed by atoms with Gasteiger partial charge in [-0.25, -0.2) is 4.79 Å². The summed E-state index contributed by atoms with van der Waals surface area (Å²) < 4.78 is 11.1. The Morgan fingerprint density at radius 2 is 1.44 bits per heavy atom. The van der Waals surface area contributed by atoms with E-state index >= 15 is 0 Å². The van der Waals surface area contributed by atoms with Crippen molar-refractivity contribution in [2.24, 2.45) is 0 Å². The number of rotatable bonds is 9. The smallest absolute Gasteiger partial charge is 0.408 e. The molecule has 176 valence electrons. The summed E-state index contributed by atoms with van der Waals surface area (Å²) >= 11 is 9.29. The first-order chi connectivity index (χ1) is 16.4. The summed E-state index contributed by atoms with van der Waals surface area (Å²) in [5, 5.41) is 5.59. The van der Waals surface area contributed by atoms with E-state index in [1.54, 1.807) is 30.3 Å². The van der Waals surface area contributed by atoms with Crippen LogP contribution in [0.15, 0.2) is 83.3 Å². The summed E-state index contributed by atoms with van der Waals surface area (Å²) in [5.74, 6) is -1.26. The second kappa shape index (κ2) is 12.8. The minimum atomic E-state index is -1.22. The van der Waals surface area contributed by atoms with Gasteiger partial charge < -0.3 is 20.1 Å². The van der Waals surface area contributed by atoms with Crippen molar-refractivity contribution in [1.82, 2.24) is 5.32 Å². The largest absolute Gasteiger partial charge is 0.461 e. The molecule has 3 rings (SSSR count). The van der Waals surface area contributed by atoms with Gasteiger partial charge in [-0.2, -0.15) is 0 Å². The van der Waals surface area contributed by atoms with Crippen LogP contribution < -0.4 is 10.6 Å². The Bertz CT molecular complexity index is 1070. The van der Waals surface area contributed by atoms with Crippen LogP contribution in [0.2, 0.25) is 5.02 Å². The van der Waals surface area contributed by atoms with Gasteiger partial charge in [-0.1, -0.05) is 72.3 Å². The Balaban J connectivity index is 1.63. The molecule has 0 aliphatic rings. The van der Waals surface area contributed by atoms with E-state index in [0.29, 0.717) is 15.2 Å². The maximum Gasteiger partial charge on any atom is 0.408 e. The number of anilines is 1. The van der Waals surface area contributed by atoms with Crippen LogP contribution in [0.25, 0.3) is 0 Å². The number of amides is 2. The summed E-state index contributed by atoms with van der Waals surface area (Å²) in [6.45, 7) is 0.0696. The zero-order chi connectivity index (χ0) is 24.3. The average molecular weight is 546 g/mol. The number of halogens is 2. The van der Waals surface area contributed by atoms with Gasteiger partial charge in [0.05, 0.1) is 11.4 Å². The van der Waals surface area contributed by atoms with Crippen LogP contribution in [0, 0.1) is 0 Å². The number of carbonyl (C=O) groups excluding carboxylic acids is 3. The molecule has 2 amide bonds. The minimum absolute atomic E-state index is 0.0175. The van der Waals surface area contributed by atoms with Crippen LogP contribution >= 0.6 is 27.5 Å². The molecule has 0 aromatic heterocycles. The van der Waals surface area contributed by atoms with Gasteiger partial charge >= 0.3 is 12.1 Å². The molecule has 0 saturated carbocycles. The van der Waals surface area contributed by atoms with Crippen molar-refractivity contribution in [2.75, 3.05) is 5.32 Å². The van der Waals surface area contributed by atoms with Crippen LogP contribution in [0.4, 0.5) is 10.5 Å². The molecule has 0 aliphatic carbocycles. The fourth-order valence-corrected chi connectivity index (χ4v) is 3.38. The van der Waals surface area contributed by atoms with Gasteiger partial charge in [0.2, 0.25) is 5.91 Å². The molecular formula is C25H22BrClN2O5. The number of carbonyl (C=O) groups is 3. The maximum atomic E-state index is 12.9. The van der Waals surface area contributed by atoms with E-state index in [2.05, 4.69) is 26.6 Å². The van der Waals surface area contributed by atoms with Crippen molar-refractivity contribution in [1.29, 1.82) is 0 Å². The van der Waals surface area contributed by atoms with Crippen molar-refractivity contribution in [3.05, 3.63) is 99.5 Å². The van der Waals surface area contributed by atoms with Gasteiger partial charge in [0, 0.05) is 10.2 Å². The van der Waals surface area contributed by atoms with Crippen molar-refractivity contribution in [3.63, 3.8) is 0 Å². The number of nitrogens with one attached hydrogen (secondary N) is 2. The molecule has 34 heavy (non-hydrogen) atoms. The van der Waals surface area contributed by atoms with E-state index in [1.807, 2.05) is 48.5 Å². The molecule has 0 radical (unpaired) electrons. The summed E-state index contributed by atoms with van der Waals surface area (Å²) in [6.07, 6.45) is -1.22. The van der Waals surface area contributed by atoms with Crippen molar-refractivity contribution in [2.45, 2.75) is 25.7 Å². The zero-order valence-corrected chi connectivity index (χ0v) is 20.3. The van der Waals surface area contributed by atoms with Crippen molar-refractivity contribution in [3.8, 4) is 0 Å². The topological polar surface area (TPSA) is 93.7 Å². The number of hydrogen-bond acceptors (Lipinski definition) is 5. The second-order valence-electron chi connectivity index (χ2n) is 7.23. The highest BCUT2D eigenvalue weighted by Crippen LogP contribution is 2.25. The lowest BCUT2D eigenvalue weighted by molar-refractivity contribution is -0.146. The van der Waals surface area contributed by atoms with Gasteiger partial charge in [0.1, 0.15) is 19.3 Å². The van der Waals surface area contributed by atoms with E-state index in [4.69, 9.17) is 21.1 Å². The molecule has 0 bridgehead atoms. The first-order valence-electron chi connectivity index (χ1n) is 10.3. The fourth-order valence-electron chi connectivity index (χ4n) is 2.88. The molecule has 0 fully saturated rings. The summed E-state index contributed by atoms with van der Waals surface area (Å²) in [6, 6.07) is 21.8. The Morgan fingerprint density at radius 3 is 2.03 bits per heavy atom. The van der Waals surface area contributed by atoms with Gasteiger partial charge in [-0.05, 0) is 45.3 Å². The lowest BCUT2D eigenvalue weighted by Gasteiger charge is -2.18. The molecule has 1 atom stereocenters. The minimum Gasteiger partial charge on any atom is -0.461 e. The monoisotopic (exact) mass is 544 g/mol. The Morgan fingerprint density at radius 1 is 0.853 bits per heavy atom. The first-order valence-corrected chi connectivity index (χ1v) is 11.5. The molecule has 0 spiro atoms. The Hall–Kier alpha value is -3.36. The standard InChI is InChI=1S/C25H22BrClN2O5/c26-20-13-19(11-12-21(20)27)28-24(31)22(14-23(30)33-15-17-7-3-1-4-8-17)29-25(32)34-16-18-9-5-2-6-10-18/h1-13,22H,14-16H2,(H,28,31)(H,29,32)/t22-/m1/s1. The van der Waals surface area contributed by atoms with Crippen LogP contribution in [-0.4, -0.2) is 24.0 Å². The molecule has 0 heterocycles. The van der Waals surface area contributed by atoms with E-state index < -0.39 is 24.0 Å². The first kappa shape index (κ1) is 25.3. The number of alkyl carbamates (subject to hydrolysis) is 1. The molecule has 3 aromatic rings. The summed E-state index contributed by atoms with van der Waals surface area (Å²) in [5.41, 5.74) is 2.02. The normalized spacial score (nSPS) is 11.2. The number of esters is 1. The molecule has 0 unspecified atom stereocenters. The Kier molecular flexibility index (Phi) is 9.49. The zero-order valence-electron chi connectivity index (χ0n) is 18.0. The van der Waals surface area contributed by atoms with Crippen molar-refractivity contribution < 1.29 is 23.9 Å². The molecule has 7 nitrogen and oxygen atoms in total. The van der Waals surface area contributed by atoms with Crippen LogP contribution in [0.1, 0.15) is 17.5 Å². The molecule has 3 aromatic carbocycles. The number of benzene rings is 3. The molecule has 0 saturated heterocycles. The molecule has 2 N–H and O–H groups in total. The van der Waals surface area contributed by atoms with Crippen LogP contribution in [0.3, 0.4) is 0 Å². The van der Waals surface area contributed by atoms with Gasteiger partial charge in [-0.15, -0.1) is 0 Å². The third-order valence-corrected chi connectivity index (χ3v) is 5.84. The third kappa shape index (κ3) is 8.20. The maximum absolute atomic E-state index is 12.9. The van der Waals surface area contributed by atoms with Gasteiger partial charge in [0.25, 0.3) is 0 Å². The molecule has 0 aliphatic heterocycles. The lowest BCUT2D eigenvalue weighted by atomic mass is 10.2. The second-order valence-corrected chi connectivity index (χ2v) is 8.49. The van der Waals surface area contributed by atoms with E-state index in [1.165, 1.54) is 0 Å². The third-order valence-electron chi connectivity index (χ3n) is 4.62. The fraction of sp³-hybridized carbons (Fsp3) is 0.160. The summed E-state index contributed by atoms with van der Waals surface area (Å²) in [4.78, 5) is 37.7. The summed E-state index contributed by atoms with van der Waals surface area (Å²) in [7, 11) is 0. The highest BCUT2D eigenvalue weighted by molar-refractivity contribution is 9.10. The average Bonchev–Trinajstić information content (AvgIpc) is 2.84. The SMILES string of the molecule is O=C(C[C@@H](NC(=O)OCc1ccccc1)C(=O)Nc1ccc(Cl)c(Br)c1)OCc1ccccc1. The highest BCUT2D eigenvalue weighted by Gasteiger charge is 2.26. The van der Waals surface area contributed by atoms with E-state index in [9.17, 15) is 14.4 Å². The molecule has 9 heteroatoms. The van der Waals surface area contributed by atoms with E-state index in [0.717, 1.165) is 11.1 Å². The van der Waals surface area contributed by atoms with Crippen molar-refractivity contribution >= 4 is 51.2 Å². The van der Waals surface area contributed by atoms with Crippen LogP contribution in [-0.2, 0) is 32.3 Å². The number of ether oxygens (including phenoxy) is 2. The lowest BCUT2D eigenvalue weighted by Crippen LogP contribution is -2.45. The predicted octanol–water partition coefficient (Wildman–Crippen LogP) is 5.47. The van der Waals surface area contributed by atoms with Crippen LogP contribution in [0.5, 0.6) is 0 Å². The molecular weight excluding hydrogens is 524 g/mol. The quantitative estimate of drug-likeness (QED) is 0.348. The Labute approximate surface area is 210 Å². The van der Waals surface area contributed by atoms with Gasteiger partial charge in [-0.3, -0.25) is 9.59 Å². The highest BCUT2D eigenvalue weighted by atomic mass is 79.9. The van der Waals surface area contributed by atoms with Gasteiger partial charge in [0.15, 0.2) is 0 Å².